The third-order valence-electron chi connectivity index (χ3n) is 0.638. The maximum Gasteiger partial charge on any atom is 0.327 e. The van der Waals surface area contributed by atoms with Gasteiger partial charge in [0.15, 0.2) is 0 Å². The molecule has 0 aromatic heterocycles. The number of carboxylic acid groups (broad SMARTS) is 2. The molecule has 0 radical (unpaired) electrons. The molecule has 0 bridgehead atoms. The first-order chi connectivity index (χ1) is 6.45. The Balaban J connectivity index is -0.000000131. The Hall–Kier alpha value is -1.62. The molecule has 0 atom stereocenters. The SMILES string of the molecule is C=CC(=O)O.C=CC(=O)O.CCCN. The number of nitrogens with two attached hydrogens (primary N) is 1. The average Bonchev–Trinajstić information content (AvgIpc) is 2.19. The molecule has 0 amide bonds. The van der Waals surface area contributed by atoms with Crippen molar-refractivity contribution in [3.63, 3.8) is 0 Å². The van der Waals surface area contributed by atoms with Crippen LogP contribution in [-0.2, 0) is 9.59 Å². The van der Waals surface area contributed by atoms with Crippen molar-refractivity contribution in [3.8, 4) is 0 Å². The van der Waals surface area contributed by atoms with E-state index in [1.807, 2.05) is 0 Å². The van der Waals surface area contributed by atoms with Crippen molar-refractivity contribution in [2.75, 3.05) is 6.54 Å². The van der Waals surface area contributed by atoms with E-state index in [0.717, 1.165) is 25.1 Å². The molecule has 0 aromatic rings. The molecule has 0 spiro atoms. The zero-order chi connectivity index (χ0) is 12.0. The van der Waals surface area contributed by atoms with E-state index in [2.05, 4.69) is 20.1 Å². The lowest BCUT2D eigenvalue weighted by atomic mass is 10.5. The first-order valence-corrected chi connectivity index (χ1v) is 3.86. The van der Waals surface area contributed by atoms with E-state index >= 15 is 0 Å². The van der Waals surface area contributed by atoms with Crippen molar-refractivity contribution in [2.24, 2.45) is 5.73 Å². The highest BCUT2D eigenvalue weighted by atomic mass is 16.4. The second-order valence-electron chi connectivity index (χ2n) is 1.87. The van der Waals surface area contributed by atoms with Crippen LogP contribution in [0.2, 0.25) is 0 Å². The number of hydrogen-bond donors (Lipinski definition) is 3. The molecule has 0 heterocycles. The van der Waals surface area contributed by atoms with Gasteiger partial charge < -0.3 is 15.9 Å². The highest BCUT2D eigenvalue weighted by Gasteiger charge is 1.73. The van der Waals surface area contributed by atoms with Crippen LogP contribution in [0.5, 0.6) is 0 Å². The Morgan fingerprint density at radius 2 is 1.36 bits per heavy atom. The minimum absolute atomic E-state index is 0.819. The Kier molecular flexibility index (Phi) is 22.7. The Bertz CT molecular complexity index is 158. The summed E-state index contributed by atoms with van der Waals surface area (Å²) in [5.41, 5.74) is 5.03. The number of carbonyl (C=O) groups is 2. The lowest BCUT2D eigenvalue weighted by molar-refractivity contribution is -0.132. The van der Waals surface area contributed by atoms with E-state index in [1.54, 1.807) is 0 Å². The van der Waals surface area contributed by atoms with Crippen LogP contribution in [0.1, 0.15) is 13.3 Å². The van der Waals surface area contributed by atoms with Gasteiger partial charge in [-0.05, 0) is 13.0 Å². The van der Waals surface area contributed by atoms with Gasteiger partial charge in [-0.2, -0.15) is 0 Å². The summed E-state index contributed by atoms with van der Waals surface area (Å²) >= 11 is 0. The van der Waals surface area contributed by atoms with Crippen LogP contribution in [-0.4, -0.2) is 28.7 Å². The minimum Gasteiger partial charge on any atom is -0.478 e. The number of hydrogen-bond acceptors (Lipinski definition) is 3. The quantitative estimate of drug-likeness (QED) is 0.591. The van der Waals surface area contributed by atoms with Crippen LogP contribution in [0, 0.1) is 0 Å². The van der Waals surface area contributed by atoms with Gasteiger partial charge in [0.1, 0.15) is 0 Å². The lowest BCUT2D eigenvalue weighted by Crippen LogP contribution is -1.93. The molecular weight excluding hydrogens is 186 g/mol. The number of aliphatic carboxylic acids is 2. The molecule has 4 N–H and O–H groups in total. The van der Waals surface area contributed by atoms with Gasteiger partial charge in [0.25, 0.3) is 0 Å². The van der Waals surface area contributed by atoms with Gasteiger partial charge in [-0.3, -0.25) is 0 Å². The van der Waals surface area contributed by atoms with Crippen LogP contribution in [0.3, 0.4) is 0 Å². The summed E-state index contributed by atoms with van der Waals surface area (Å²) in [7, 11) is 0. The summed E-state index contributed by atoms with van der Waals surface area (Å²) in [6, 6.07) is 0. The molecule has 0 unspecified atom stereocenters. The van der Waals surface area contributed by atoms with Crippen LogP contribution in [0.4, 0.5) is 0 Å². The highest BCUT2D eigenvalue weighted by molar-refractivity contribution is 5.79. The van der Waals surface area contributed by atoms with E-state index in [-0.39, 0.29) is 0 Å². The van der Waals surface area contributed by atoms with Crippen molar-refractivity contribution < 1.29 is 19.8 Å². The van der Waals surface area contributed by atoms with Crippen LogP contribution >= 0.6 is 0 Å². The molecule has 5 nitrogen and oxygen atoms in total. The van der Waals surface area contributed by atoms with E-state index in [9.17, 15) is 9.59 Å². The maximum atomic E-state index is 9.25. The van der Waals surface area contributed by atoms with Crippen LogP contribution < -0.4 is 5.73 Å². The highest BCUT2D eigenvalue weighted by Crippen LogP contribution is 1.57. The molecule has 0 aliphatic rings. The molecule has 0 rings (SSSR count). The molecule has 0 saturated heterocycles. The van der Waals surface area contributed by atoms with Crippen LogP contribution in [0.25, 0.3) is 0 Å². The fourth-order valence-corrected chi connectivity index (χ4v) is 0. The zero-order valence-electron chi connectivity index (χ0n) is 8.27. The molecule has 0 aromatic carbocycles. The largest absolute Gasteiger partial charge is 0.478 e. The molecule has 14 heavy (non-hydrogen) atoms. The Labute approximate surface area is 83.5 Å². The van der Waals surface area contributed by atoms with E-state index in [1.165, 1.54) is 0 Å². The third-order valence-corrected chi connectivity index (χ3v) is 0.638. The Morgan fingerprint density at radius 1 is 1.21 bits per heavy atom. The van der Waals surface area contributed by atoms with Crippen LogP contribution in [0.15, 0.2) is 25.3 Å². The predicted molar refractivity (Wildman–Crippen MR) is 55.0 cm³/mol. The zero-order valence-corrected chi connectivity index (χ0v) is 8.27. The molecule has 82 valence electrons. The molecule has 0 fully saturated rings. The van der Waals surface area contributed by atoms with E-state index in [0.29, 0.717) is 0 Å². The van der Waals surface area contributed by atoms with E-state index in [4.69, 9.17) is 15.9 Å². The maximum absolute atomic E-state index is 9.25. The summed E-state index contributed by atoms with van der Waals surface area (Å²) in [4.78, 5) is 18.5. The fourth-order valence-electron chi connectivity index (χ4n) is 0. The molecule has 0 aliphatic carbocycles. The van der Waals surface area contributed by atoms with Gasteiger partial charge in [-0.25, -0.2) is 9.59 Å². The summed E-state index contributed by atoms with van der Waals surface area (Å²) in [6.07, 6.45) is 2.76. The second kappa shape index (κ2) is 17.5. The van der Waals surface area contributed by atoms with Gasteiger partial charge >= 0.3 is 11.9 Å². The summed E-state index contributed by atoms with van der Waals surface area (Å²) in [5, 5.41) is 15.2. The van der Waals surface area contributed by atoms with Crippen molar-refractivity contribution in [1.29, 1.82) is 0 Å². The normalized spacial score (nSPS) is 6.71. The molecule has 0 saturated carbocycles. The first-order valence-electron chi connectivity index (χ1n) is 3.86. The van der Waals surface area contributed by atoms with Crippen molar-refractivity contribution in [1.82, 2.24) is 0 Å². The van der Waals surface area contributed by atoms with Crippen molar-refractivity contribution in [2.45, 2.75) is 13.3 Å². The molecular formula is C9H17NO4. The topological polar surface area (TPSA) is 101 Å². The fraction of sp³-hybridized carbons (Fsp3) is 0.333. The smallest absolute Gasteiger partial charge is 0.327 e. The lowest BCUT2D eigenvalue weighted by Gasteiger charge is -1.70. The average molecular weight is 203 g/mol. The van der Waals surface area contributed by atoms with Crippen molar-refractivity contribution >= 4 is 11.9 Å². The van der Waals surface area contributed by atoms with Gasteiger partial charge in [0.2, 0.25) is 0 Å². The van der Waals surface area contributed by atoms with E-state index < -0.39 is 11.9 Å². The first kappa shape index (κ1) is 18.2. The molecule has 5 heteroatoms. The summed E-state index contributed by atoms with van der Waals surface area (Å²) in [6.45, 7) is 8.80. The monoisotopic (exact) mass is 203 g/mol. The predicted octanol–water partition coefficient (Wildman–Crippen LogP) is 0.869. The second-order valence-corrected chi connectivity index (χ2v) is 1.87. The van der Waals surface area contributed by atoms with Gasteiger partial charge in [-0.1, -0.05) is 20.1 Å². The number of rotatable bonds is 3. The summed E-state index contributed by atoms with van der Waals surface area (Å²) in [5.74, 6) is -1.96. The Morgan fingerprint density at radius 3 is 1.36 bits per heavy atom. The van der Waals surface area contributed by atoms with Gasteiger partial charge in [0, 0.05) is 12.2 Å². The van der Waals surface area contributed by atoms with Gasteiger partial charge in [-0.15, -0.1) is 0 Å². The minimum atomic E-state index is -0.981. The van der Waals surface area contributed by atoms with Crippen molar-refractivity contribution in [3.05, 3.63) is 25.3 Å². The number of carboxylic acids is 2. The summed E-state index contributed by atoms with van der Waals surface area (Å²) < 4.78 is 0. The standard InChI is InChI=1S/C3H9N.2C3H4O2/c1-2-3-4;2*1-2-3(4)5/h2-4H2,1H3;2*2H,1H2,(H,4,5). The van der Waals surface area contributed by atoms with Gasteiger partial charge in [0.05, 0.1) is 0 Å². The third kappa shape index (κ3) is 79.9. The molecule has 0 aliphatic heterocycles.